The van der Waals surface area contributed by atoms with Crippen LogP contribution < -0.4 is 14.8 Å². The van der Waals surface area contributed by atoms with E-state index in [2.05, 4.69) is 85.8 Å². The molecule has 0 amide bonds. The number of fused-ring (bicyclic) bond motifs is 1. The van der Waals surface area contributed by atoms with Crippen LogP contribution >= 0.6 is 0 Å². The average Bonchev–Trinajstić information content (AvgIpc) is 3.32. The number of allylic oxidation sites excluding steroid dienone is 3. The summed E-state index contributed by atoms with van der Waals surface area (Å²) in [5.41, 5.74) is 7.73. The van der Waals surface area contributed by atoms with Gasteiger partial charge in [0.1, 0.15) is 5.69 Å². The molecule has 0 unspecified atom stereocenters. The summed E-state index contributed by atoms with van der Waals surface area (Å²) < 4.78 is 13.0. The van der Waals surface area contributed by atoms with Crippen molar-refractivity contribution in [2.24, 2.45) is 0 Å². The van der Waals surface area contributed by atoms with Crippen LogP contribution in [0.2, 0.25) is 0 Å². The number of methoxy groups -OCH3 is 2. The van der Waals surface area contributed by atoms with Crippen molar-refractivity contribution in [2.45, 2.75) is 26.7 Å². The number of nitrogens with one attached hydrogen (secondary N) is 1. The first kappa shape index (κ1) is 25.9. The monoisotopic (exact) mass is 496 g/mol. The standard InChI is InChI=1S/C31H36N4O2/c1-7-34(8-2)23(4)24-14-17-26(18-15-24)32-22(3)28-21-27-12-10-9-11-13-29(35(27)33-28)25-16-19-30(36-5)31(20-25)37-6/h9,11,13-21,32H,3-4,7-8,10,12H2,1-2,5-6H3/b11-9-,29-13-. The Morgan fingerprint density at radius 1 is 1.00 bits per heavy atom. The van der Waals surface area contributed by atoms with Gasteiger partial charge in [0.05, 0.1) is 25.6 Å². The Morgan fingerprint density at radius 3 is 2.41 bits per heavy atom. The molecule has 2 heterocycles. The first-order chi connectivity index (χ1) is 18.0. The van der Waals surface area contributed by atoms with Gasteiger partial charge in [-0.15, -0.1) is 0 Å². The maximum atomic E-state index is 5.54. The van der Waals surface area contributed by atoms with E-state index in [9.17, 15) is 0 Å². The summed E-state index contributed by atoms with van der Waals surface area (Å²) in [6.07, 6.45) is 8.16. The fraction of sp³-hybridized carbons (Fsp3) is 0.258. The molecule has 1 aromatic heterocycles. The molecule has 6 heteroatoms. The van der Waals surface area contributed by atoms with Crippen molar-refractivity contribution in [3.8, 4) is 11.5 Å². The van der Waals surface area contributed by atoms with Crippen molar-refractivity contribution in [3.63, 3.8) is 0 Å². The minimum Gasteiger partial charge on any atom is -0.493 e. The molecule has 6 nitrogen and oxygen atoms in total. The van der Waals surface area contributed by atoms with Gasteiger partial charge in [-0.05, 0) is 74.7 Å². The second-order valence-corrected chi connectivity index (χ2v) is 8.82. The van der Waals surface area contributed by atoms with Crippen LogP contribution in [0.3, 0.4) is 0 Å². The molecule has 1 aliphatic rings. The largest absolute Gasteiger partial charge is 0.493 e. The van der Waals surface area contributed by atoms with Gasteiger partial charge in [0.25, 0.3) is 0 Å². The van der Waals surface area contributed by atoms with E-state index in [1.165, 1.54) is 0 Å². The molecular weight excluding hydrogens is 460 g/mol. The topological polar surface area (TPSA) is 51.6 Å². The van der Waals surface area contributed by atoms with Crippen molar-refractivity contribution in [2.75, 3.05) is 32.6 Å². The second kappa shape index (κ2) is 11.7. The smallest absolute Gasteiger partial charge is 0.161 e. The molecule has 0 atom stereocenters. The molecule has 0 bridgehead atoms. The van der Waals surface area contributed by atoms with E-state index in [1.807, 2.05) is 22.9 Å². The molecule has 2 aromatic carbocycles. The summed E-state index contributed by atoms with van der Waals surface area (Å²) >= 11 is 0. The molecule has 1 aliphatic heterocycles. The van der Waals surface area contributed by atoms with Gasteiger partial charge >= 0.3 is 0 Å². The first-order valence-corrected chi connectivity index (χ1v) is 12.7. The minimum atomic E-state index is 0.680. The predicted molar refractivity (Wildman–Crippen MR) is 154 cm³/mol. The van der Waals surface area contributed by atoms with E-state index in [0.717, 1.165) is 71.2 Å². The number of hydrogen-bond acceptors (Lipinski definition) is 5. The van der Waals surface area contributed by atoms with Crippen molar-refractivity contribution >= 4 is 22.8 Å². The third-order valence-electron chi connectivity index (χ3n) is 6.62. The second-order valence-electron chi connectivity index (χ2n) is 8.82. The normalized spacial score (nSPS) is 14.9. The average molecular weight is 497 g/mol. The quantitative estimate of drug-likeness (QED) is 0.339. The number of nitrogens with zero attached hydrogens (tertiary/aromatic N) is 3. The zero-order valence-corrected chi connectivity index (χ0v) is 22.3. The number of rotatable bonds is 10. The maximum Gasteiger partial charge on any atom is 0.161 e. The zero-order valence-electron chi connectivity index (χ0n) is 22.3. The highest BCUT2D eigenvalue weighted by atomic mass is 16.5. The minimum absolute atomic E-state index is 0.680. The summed E-state index contributed by atoms with van der Waals surface area (Å²) in [5, 5.41) is 8.38. The number of benzene rings is 2. The van der Waals surface area contributed by atoms with E-state index in [4.69, 9.17) is 14.6 Å². The van der Waals surface area contributed by atoms with Gasteiger partial charge in [-0.1, -0.05) is 37.4 Å². The summed E-state index contributed by atoms with van der Waals surface area (Å²) in [6, 6.07) is 16.3. The van der Waals surface area contributed by atoms with E-state index < -0.39 is 0 Å². The van der Waals surface area contributed by atoms with Gasteiger partial charge < -0.3 is 19.7 Å². The lowest BCUT2D eigenvalue weighted by atomic mass is 10.1. The van der Waals surface area contributed by atoms with Gasteiger partial charge in [0, 0.05) is 35.7 Å². The van der Waals surface area contributed by atoms with Crippen molar-refractivity contribution in [1.29, 1.82) is 0 Å². The Morgan fingerprint density at radius 2 is 1.73 bits per heavy atom. The molecule has 0 saturated heterocycles. The molecule has 0 fully saturated rings. The number of aromatic nitrogens is 2. The highest BCUT2D eigenvalue weighted by Crippen LogP contribution is 2.32. The summed E-state index contributed by atoms with van der Waals surface area (Å²) in [6.45, 7) is 14.7. The van der Waals surface area contributed by atoms with Crippen LogP contribution in [0.25, 0.3) is 17.1 Å². The van der Waals surface area contributed by atoms with Gasteiger partial charge in [0.15, 0.2) is 11.5 Å². The molecule has 0 radical (unpaired) electrons. The Bertz CT molecular complexity index is 1330. The Balaban J connectivity index is 1.58. The fourth-order valence-corrected chi connectivity index (χ4v) is 4.50. The number of ether oxygens (including phenoxy) is 2. The molecular formula is C31H36N4O2. The molecule has 3 aromatic rings. The fourth-order valence-electron chi connectivity index (χ4n) is 4.50. The molecule has 1 N–H and O–H groups in total. The maximum absolute atomic E-state index is 5.54. The highest BCUT2D eigenvalue weighted by molar-refractivity contribution is 5.76. The van der Waals surface area contributed by atoms with Crippen molar-refractivity contribution in [1.82, 2.24) is 14.7 Å². The third kappa shape index (κ3) is 5.64. The Labute approximate surface area is 220 Å². The Kier molecular flexibility index (Phi) is 8.18. The van der Waals surface area contributed by atoms with Crippen LogP contribution in [-0.4, -0.2) is 42.0 Å². The zero-order chi connectivity index (χ0) is 26.4. The number of anilines is 1. The molecule has 192 valence electrons. The molecule has 4 rings (SSSR count). The molecule has 37 heavy (non-hydrogen) atoms. The number of aryl methyl sites for hydroxylation is 1. The van der Waals surface area contributed by atoms with Crippen LogP contribution in [0.15, 0.2) is 79.9 Å². The van der Waals surface area contributed by atoms with Crippen LogP contribution in [0.4, 0.5) is 5.69 Å². The lowest BCUT2D eigenvalue weighted by Crippen LogP contribution is -2.20. The summed E-state index contributed by atoms with van der Waals surface area (Å²) in [4.78, 5) is 2.25. The van der Waals surface area contributed by atoms with E-state index in [-0.39, 0.29) is 0 Å². The summed E-state index contributed by atoms with van der Waals surface area (Å²) in [7, 11) is 3.29. The highest BCUT2D eigenvalue weighted by Gasteiger charge is 2.17. The van der Waals surface area contributed by atoms with Gasteiger partial charge in [-0.2, -0.15) is 5.10 Å². The van der Waals surface area contributed by atoms with Crippen LogP contribution in [-0.2, 0) is 6.42 Å². The lowest BCUT2D eigenvalue weighted by molar-refractivity contribution is 0.355. The first-order valence-electron chi connectivity index (χ1n) is 12.7. The van der Waals surface area contributed by atoms with Crippen molar-refractivity contribution < 1.29 is 9.47 Å². The van der Waals surface area contributed by atoms with Crippen LogP contribution in [0, 0.1) is 0 Å². The number of hydrogen-bond donors (Lipinski definition) is 1. The van der Waals surface area contributed by atoms with Gasteiger partial charge in [-0.3, -0.25) is 0 Å². The van der Waals surface area contributed by atoms with E-state index >= 15 is 0 Å². The molecule has 0 spiro atoms. The molecule has 0 aliphatic carbocycles. The van der Waals surface area contributed by atoms with Crippen molar-refractivity contribution in [3.05, 3.63) is 102 Å². The van der Waals surface area contributed by atoms with Crippen LogP contribution in [0.5, 0.6) is 11.5 Å². The third-order valence-corrected chi connectivity index (χ3v) is 6.62. The van der Waals surface area contributed by atoms with E-state index in [1.54, 1.807) is 14.2 Å². The van der Waals surface area contributed by atoms with Crippen LogP contribution in [0.1, 0.15) is 42.8 Å². The lowest BCUT2D eigenvalue weighted by Gasteiger charge is -2.23. The predicted octanol–water partition coefficient (Wildman–Crippen LogP) is 6.69. The Hall–Kier alpha value is -4.19. The van der Waals surface area contributed by atoms with E-state index in [0.29, 0.717) is 11.5 Å². The summed E-state index contributed by atoms with van der Waals surface area (Å²) in [5.74, 6) is 1.37. The SMILES string of the molecule is C=C(Nc1ccc(C(=C)N(CC)CC)cc1)c1cc2n(n1)/C(c1ccc(OC)c(OC)c1)=C\C=C/CC2. The van der Waals surface area contributed by atoms with Gasteiger partial charge in [0.2, 0.25) is 0 Å². The molecule has 0 saturated carbocycles. The van der Waals surface area contributed by atoms with Gasteiger partial charge in [-0.25, -0.2) is 4.68 Å².